The average molecular weight is 304 g/mol. The van der Waals surface area contributed by atoms with Gasteiger partial charge in [0.2, 0.25) is 0 Å². The zero-order valence-electron chi connectivity index (χ0n) is 13.4. The predicted molar refractivity (Wildman–Crippen MR) is 85.2 cm³/mol. The molecule has 1 aliphatic rings. The lowest BCUT2D eigenvalue weighted by Gasteiger charge is -2.30. The normalized spacial score (nSPS) is 23.6. The molecular formula is C15H24N6O. The van der Waals surface area contributed by atoms with Crippen LogP contribution in [0.4, 0.5) is 5.82 Å². The van der Waals surface area contributed by atoms with Crippen molar-refractivity contribution in [3.63, 3.8) is 0 Å². The first-order chi connectivity index (χ1) is 10.6. The van der Waals surface area contributed by atoms with Crippen LogP contribution in [0.25, 0.3) is 11.2 Å². The quantitative estimate of drug-likeness (QED) is 0.837. The number of nitrogens with zero attached hydrogens (tertiary/aromatic N) is 5. The number of hydrogen-bond donors (Lipinski definition) is 2. The standard InChI is InChI=1S/C15H24N6O/c1-10-4-6-11(7-5-10)15(22)21-9-19-12-13(20(3)16-2)17-8-18-14(12)21/h8-11,15-16,22H,4-7H2,1-3H3/t10-,11-,15?. The molecule has 7 nitrogen and oxygen atoms in total. The summed E-state index contributed by atoms with van der Waals surface area (Å²) in [6.45, 7) is 2.28. The van der Waals surface area contributed by atoms with E-state index in [9.17, 15) is 5.11 Å². The molecule has 3 rings (SSSR count). The highest BCUT2D eigenvalue weighted by molar-refractivity contribution is 5.82. The third kappa shape index (κ3) is 2.66. The topological polar surface area (TPSA) is 79.1 Å². The maximum atomic E-state index is 10.7. The van der Waals surface area contributed by atoms with E-state index in [-0.39, 0.29) is 5.92 Å². The molecule has 0 saturated heterocycles. The Labute approximate surface area is 130 Å². The molecule has 1 aliphatic carbocycles. The number of imidazole rings is 1. The highest BCUT2D eigenvalue weighted by Crippen LogP contribution is 2.35. The van der Waals surface area contributed by atoms with Crippen LogP contribution in [-0.4, -0.2) is 38.7 Å². The number of hydrogen-bond acceptors (Lipinski definition) is 6. The predicted octanol–water partition coefficient (Wildman–Crippen LogP) is 1.71. The van der Waals surface area contributed by atoms with Gasteiger partial charge in [-0.3, -0.25) is 9.58 Å². The van der Waals surface area contributed by atoms with Gasteiger partial charge in [-0.15, -0.1) is 0 Å². The van der Waals surface area contributed by atoms with E-state index in [0.29, 0.717) is 17.0 Å². The molecule has 0 spiro atoms. The fraction of sp³-hybridized carbons (Fsp3) is 0.667. The van der Waals surface area contributed by atoms with E-state index in [1.54, 1.807) is 15.9 Å². The number of nitrogens with one attached hydrogen (secondary N) is 1. The summed E-state index contributed by atoms with van der Waals surface area (Å²) < 4.78 is 1.78. The second-order valence-electron chi connectivity index (χ2n) is 6.24. The molecule has 0 aliphatic heterocycles. The van der Waals surface area contributed by atoms with Gasteiger partial charge in [0.1, 0.15) is 12.6 Å². The van der Waals surface area contributed by atoms with Gasteiger partial charge in [-0.1, -0.05) is 19.8 Å². The number of rotatable bonds is 4. The van der Waals surface area contributed by atoms with Crippen LogP contribution in [0.15, 0.2) is 12.7 Å². The second kappa shape index (κ2) is 6.18. The molecule has 1 unspecified atom stereocenters. The number of aliphatic hydroxyl groups is 1. The fourth-order valence-corrected chi connectivity index (χ4v) is 3.20. The Balaban J connectivity index is 1.91. The molecule has 1 atom stereocenters. The van der Waals surface area contributed by atoms with Crippen LogP contribution < -0.4 is 10.4 Å². The summed E-state index contributed by atoms with van der Waals surface area (Å²) in [6.07, 6.45) is 7.08. The van der Waals surface area contributed by atoms with Crippen molar-refractivity contribution < 1.29 is 5.11 Å². The third-order valence-corrected chi connectivity index (χ3v) is 4.76. The van der Waals surface area contributed by atoms with Gasteiger partial charge in [-0.05, 0) is 18.8 Å². The highest BCUT2D eigenvalue weighted by atomic mass is 16.3. The lowest BCUT2D eigenvalue weighted by Crippen LogP contribution is -2.31. The van der Waals surface area contributed by atoms with E-state index in [4.69, 9.17) is 0 Å². The minimum absolute atomic E-state index is 0.272. The summed E-state index contributed by atoms with van der Waals surface area (Å²) in [4.78, 5) is 13.0. The van der Waals surface area contributed by atoms with Crippen molar-refractivity contribution in [1.82, 2.24) is 24.9 Å². The summed E-state index contributed by atoms with van der Waals surface area (Å²) in [7, 11) is 3.70. The van der Waals surface area contributed by atoms with Gasteiger partial charge in [0.05, 0.1) is 6.33 Å². The molecule has 7 heteroatoms. The molecule has 2 aromatic rings. The molecule has 2 aromatic heterocycles. The van der Waals surface area contributed by atoms with Crippen molar-refractivity contribution in [3.8, 4) is 0 Å². The largest absolute Gasteiger partial charge is 0.373 e. The Bertz CT molecular complexity index is 634. The summed E-state index contributed by atoms with van der Waals surface area (Å²) in [5.41, 5.74) is 4.39. The summed E-state index contributed by atoms with van der Waals surface area (Å²) in [5.74, 6) is 1.74. The minimum Gasteiger partial charge on any atom is -0.373 e. The van der Waals surface area contributed by atoms with Crippen LogP contribution >= 0.6 is 0 Å². The molecule has 1 fully saturated rings. The summed E-state index contributed by atoms with van der Waals surface area (Å²) in [6, 6.07) is 0. The monoisotopic (exact) mass is 304 g/mol. The number of anilines is 1. The van der Waals surface area contributed by atoms with Crippen LogP contribution in [0.2, 0.25) is 0 Å². The Morgan fingerprint density at radius 3 is 2.68 bits per heavy atom. The molecular weight excluding hydrogens is 280 g/mol. The van der Waals surface area contributed by atoms with Gasteiger partial charge in [0.15, 0.2) is 17.0 Å². The van der Waals surface area contributed by atoms with Crippen molar-refractivity contribution in [2.24, 2.45) is 11.8 Å². The molecule has 2 N–H and O–H groups in total. The summed E-state index contributed by atoms with van der Waals surface area (Å²) >= 11 is 0. The van der Waals surface area contributed by atoms with Crippen LogP contribution in [0, 0.1) is 11.8 Å². The van der Waals surface area contributed by atoms with E-state index < -0.39 is 6.23 Å². The lowest BCUT2D eigenvalue weighted by atomic mass is 9.82. The van der Waals surface area contributed by atoms with Gasteiger partial charge < -0.3 is 5.11 Å². The SMILES string of the molecule is CNN(C)c1ncnc2c1ncn2C(O)[C@H]1CC[C@H](C)CC1. The van der Waals surface area contributed by atoms with Gasteiger partial charge in [-0.2, -0.15) is 0 Å². The Morgan fingerprint density at radius 1 is 1.27 bits per heavy atom. The van der Waals surface area contributed by atoms with E-state index in [1.807, 2.05) is 14.1 Å². The molecule has 22 heavy (non-hydrogen) atoms. The molecule has 0 aromatic carbocycles. The van der Waals surface area contributed by atoms with Gasteiger partial charge in [0.25, 0.3) is 0 Å². The summed E-state index contributed by atoms with van der Waals surface area (Å²) in [5, 5.41) is 12.5. The van der Waals surface area contributed by atoms with Crippen molar-refractivity contribution in [2.45, 2.75) is 38.8 Å². The molecule has 1 saturated carbocycles. The van der Waals surface area contributed by atoms with E-state index in [2.05, 4.69) is 27.3 Å². The first kappa shape index (κ1) is 15.2. The van der Waals surface area contributed by atoms with E-state index in [0.717, 1.165) is 18.8 Å². The Morgan fingerprint density at radius 2 is 2.00 bits per heavy atom. The Kier molecular flexibility index (Phi) is 4.26. The zero-order valence-corrected chi connectivity index (χ0v) is 13.4. The lowest BCUT2D eigenvalue weighted by molar-refractivity contribution is 0.0201. The molecule has 0 bridgehead atoms. The first-order valence-electron chi connectivity index (χ1n) is 7.88. The molecule has 2 heterocycles. The minimum atomic E-state index is -0.569. The number of aromatic nitrogens is 4. The van der Waals surface area contributed by atoms with Crippen LogP contribution in [0.1, 0.15) is 38.8 Å². The van der Waals surface area contributed by atoms with E-state index in [1.165, 1.54) is 19.2 Å². The maximum Gasteiger partial charge on any atom is 0.174 e. The number of aliphatic hydroxyl groups excluding tert-OH is 1. The number of fused-ring (bicyclic) bond motifs is 1. The van der Waals surface area contributed by atoms with Gasteiger partial charge >= 0.3 is 0 Å². The molecule has 120 valence electrons. The number of hydrazine groups is 1. The maximum absolute atomic E-state index is 10.7. The Hall–Kier alpha value is -1.73. The van der Waals surface area contributed by atoms with Crippen molar-refractivity contribution in [2.75, 3.05) is 19.1 Å². The van der Waals surface area contributed by atoms with Crippen molar-refractivity contribution in [3.05, 3.63) is 12.7 Å². The highest BCUT2D eigenvalue weighted by Gasteiger charge is 2.27. The first-order valence-corrected chi connectivity index (χ1v) is 7.88. The van der Waals surface area contributed by atoms with Crippen LogP contribution in [0.3, 0.4) is 0 Å². The van der Waals surface area contributed by atoms with Gasteiger partial charge in [-0.25, -0.2) is 20.4 Å². The van der Waals surface area contributed by atoms with Crippen LogP contribution in [-0.2, 0) is 0 Å². The van der Waals surface area contributed by atoms with Crippen LogP contribution in [0.5, 0.6) is 0 Å². The fourth-order valence-electron chi connectivity index (χ4n) is 3.20. The third-order valence-electron chi connectivity index (χ3n) is 4.76. The van der Waals surface area contributed by atoms with Gasteiger partial charge in [0, 0.05) is 20.0 Å². The molecule has 0 radical (unpaired) electrons. The van der Waals surface area contributed by atoms with Crippen molar-refractivity contribution in [1.29, 1.82) is 0 Å². The zero-order chi connectivity index (χ0) is 15.7. The second-order valence-corrected chi connectivity index (χ2v) is 6.24. The smallest absolute Gasteiger partial charge is 0.174 e. The average Bonchev–Trinajstić information content (AvgIpc) is 2.98. The van der Waals surface area contributed by atoms with E-state index >= 15 is 0 Å². The molecule has 0 amide bonds. The van der Waals surface area contributed by atoms with Crippen molar-refractivity contribution >= 4 is 17.0 Å².